The Balaban J connectivity index is 1.57. The van der Waals surface area contributed by atoms with Gasteiger partial charge in [-0.2, -0.15) is 0 Å². The molecule has 8 nitrogen and oxygen atoms in total. The highest BCUT2D eigenvalue weighted by molar-refractivity contribution is 5.69. The fraction of sp³-hybridized carbons (Fsp3) is 0.389. The van der Waals surface area contributed by atoms with E-state index in [1.807, 2.05) is 31.2 Å². The molecule has 0 fully saturated rings. The van der Waals surface area contributed by atoms with E-state index in [4.69, 9.17) is 9.47 Å². The molecule has 0 spiro atoms. The van der Waals surface area contributed by atoms with Gasteiger partial charge in [0, 0.05) is 20.6 Å². The van der Waals surface area contributed by atoms with Crippen molar-refractivity contribution in [1.29, 1.82) is 0 Å². The first-order valence-corrected chi connectivity index (χ1v) is 8.37. The van der Waals surface area contributed by atoms with Crippen LogP contribution in [0.4, 0.5) is 0 Å². The van der Waals surface area contributed by atoms with Crippen molar-refractivity contribution >= 4 is 11.2 Å². The summed E-state index contributed by atoms with van der Waals surface area (Å²) in [4.78, 5) is 28.4. The number of para-hydroxylation sites is 1. The first kappa shape index (κ1) is 17.9. The Morgan fingerprint density at radius 1 is 1.04 bits per heavy atom. The third kappa shape index (κ3) is 3.41. The van der Waals surface area contributed by atoms with Crippen LogP contribution in [0.3, 0.4) is 0 Å². The Morgan fingerprint density at radius 2 is 1.81 bits per heavy atom. The predicted molar refractivity (Wildman–Crippen MR) is 97.7 cm³/mol. The first-order valence-electron chi connectivity index (χ1n) is 8.37. The summed E-state index contributed by atoms with van der Waals surface area (Å²) in [5.41, 5.74) is 1.11. The van der Waals surface area contributed by atoms with Crippen molar-refractivity contribution in [3.8, 4) is 5.75 Å². The monoisotopic (exact) mass is 358 g/mol. The average Bonchev–Trinajstić information content (AvgIpc) is 3.06. The number of ether oxygens (including phenoxy) is 2. The van der Waals surface area contributed by atoms with E-state index < -0.39 is 5.69 Å². The zero-order chi connectivity index (χ0) is 18.7. The SMILES string of the molecule is Cc1ccccc1OCCOCCn1cnc2c1c(=O)n(C)c(=O)n2C. The molecule has 0 N–H and O–H groups in total. The van der Waals surface area contributed by atoms with E-state index in [2.05, 4.69) is 4.98 Å². The highest BCUT2D eigenvalue weighted by atomic mass is 16.5. The van der Waals surface area contributed by atoms with Crippen LogP contribution in [-0.4, -0.2) is 38.5 Å². The summed E-state index contributed by atoms with van der Waals surface area (Å²) < 4.78 is 15.4. The summed E-state index contributed by atoms with van der Waals surface area (Å²) >= 11 is 0. The van der Waals surface area contributed by atoms with Gasteiger partial charge < -0.3 is 14.0 Å². The third-order valence-corrected chi connectivity index (χ3v) is 4.27. The van der Waals surface area contributed by atoms with Crippen LogP contribution in [0, 0.1) is 6.92 Å². The van der Waals surface area contributed by atoms with Crippen LogP contribution in [0.25, 0.3) is 11.2 Å². The zero-order valence-electron chi connectivity index (χ0n) is 15.1. The number of imidazole rings is 1. The van der Waals surface area contributed by atoms with Crippen molar-refractivity contribution in [3.63, 3.8) is 0 Å². The van der Waals surface area contributed by atoms with Crippen LogP contribution in [0.2, 0.25) is 0 Å². The number of aryl methyl sites for hydroxylation is 2. The highest BCUT2D eigenvalue weighted by Crippen LogP contribution is 2.15. The second-order valence-corrected chi connectivity index (χ2v) is 6.04. The smallest absolute Gasteiger partial charge is 0.332 e. The third-order valence-electron chi connectivity index (χ3n) is 4.27. The summed E-state index contributed by atoms with van der Waals surface area (Å²) in [6.07, 6.45) is 1.55. The van der Waals surface area contributed by atoms with Gasteiger partial charge in [0.1, 0.15) is 12.4 Å². The van der Waals surface area contributed by atoms with Gasteiger partial charge in [-0.3, -0.25) is 13.9 Å². The molecule has 3 rings (SSSR count). The van der Waals surface area contributed by atoms with E-state index in [0.29, 0.717) is 37.5 Å². The lowest BCUT2D eigenvalue weighted by atomic mass is 10.2. The number of fused-ring (bicyclic) bond motifs is 1. The second-order valence-electron chi connectivity index (χ2n) is 6.04. The lowest BCUT2D eigenvalue weighted by molar-refractivity contribution is 0.0946. The van der Waals surface area contributed by atoms with Gasteiger partial charge >= 0.3 is 5.69 Å². The molecule has 0 atom stereocenters. The van der Waals surface area contributed by atoms with E-state index in [1.165, 1.54) is 11.6 Å². The van der Waals surface area contributed by atoms with Gasteiger partial charge in [0.25, 0.3) is 5.56 Å². The molecule has 2 aromatic heterocycles. The van der Waals surface area contributed by atoms with Gasteiger partial charge in [0.2, 0.25) is 0 Å². The molecule has 0 aliphatic heterocycles. The quantitative estimate of drug-likeness (QED) is 0.585. The molecule has 8 heteroatoms. The Bertz CT molecular complexity index is 1030. The van der Waals surface area contributed by atoms with Crippen molar-refractivity contribution in [1.82, 2.24) is 18.7 Å². The molecule has 0 saturated carbocycles. The lowest BCUT2D eigenvalue weighted by Gasteiger charge is -2.10. The largest absolute Gasteiger partial charge is 0.491 e. The molecular weight excluding hydrogens is 336 g/mol. The number of benzene rings is 1. The number of hydrogen-bond acceptors (Lipinski definition) is 5. The number of aromatic nitrogens is 4. The molecule has 3 aromatic rings. The van der Waals surface area contributed by atoms with Crippen LogP contribution in [0.1, 0.15) is 5.56 Å². The molecule has 0 radical (unpaired) electrons. The van der Waals surface area contributed by atoms with Crippen molar-refractivity contribution < 1.29 is 9.47 Å². The van der Waals surface area contributed by atoms with Gasteiger partial charge in [0.05, 0.1) is 19.5 Å². The topological polar surface area (TPSA) is 80.3 Å². The Labute approximate surface area is 150 Å². The fourth-order valence-electron chi connectivity index (χ4n) is 2.76. The maximum Gasteiger partial charge on any atom is 0.332 e. The molecule has 0 bridgehead atoms. The van der Waals surface area contributed by atoms with E-state index in [9.17, 15) is 9.59 Å². The van der Waals surface area contributed by atoms with Crippen molar-refractivity contribution in [2.45, 2.75) is 13.5 Å². The van der Waals surface area contributed by atoms with Crippen molar-refractivity contribution in [2.75, 3.05) is 19.8 Å². The summed E-state index contributed by atoms with van der Waals surface area (Å²) in [7, 11) is 3.06. The van der Waals surface area contributed by atoms with Crippen LogP contribution < -0.4 is 16.0 Å². The summed E-state index contributed by atoms with van der Waals surface area (Å²) in [6.45, 7) is 3.76. The molecule has 0 unspecified atom stereocenters. The Morgan fingerprint density at radius 3 is 2.58 bits per heavy atom. The van der Waals surface area contributed by atoms with E-state index >= 15 is 0 Å². The molecule has 0 amide bonds. The minimum atomic E-state index is -0.391. The Hall–Kier alpha value is -2.87. The molecule has 0 aliphatic rings. The average molecular weight is 358 g/mol. The Kier molecular flexibility index (Phi) is 5.22. The minimum absolute atomic E-state index is 0.358. The molecule has 138 valence electrons. The summed E-state index contributed by atoms with van der Waals surface area (Å²) in [5.74, 6) is 0.848. The van der Waals surface area contributed by atoms with Crippen molar-refractivity contribution in [2.24, 2.45) is 14.1 Å². The second kappa shape index (κ2) is 7.57. The van der Waals surface area contributed by atoms with Crippen LogP contribution in [0.15, 0.2) is 40.2 Å². The predicted octanol–water partition coefficient (Wildman–Crippen LogP) is 0.838. The normalized spacial score (nSPS) is 11.2. The summed E-state index contributed by atoms with van der Waals surface area (Å²) in [5, 5.41) is 0. The summed E-state index contributed by atoms with van der Waals surface area (Å²) in [6, 6.07) is 7.82. The van der Waals surface area contributed by atoms with Gasteiger partial charge in [-0.05, 0) is 18.6 Å². The molecule has 0 aliphatic carbocycles. The molecule has 26 heavy (non-hydrogen) atoms. The van der Waals surface area contributed by atoms with E-state index in [-0.39, 0.29) is 5.56 Å². The number of nitrogens with zero attached hydrogens (tertiary/aromatic N) is 4. The maximum atomic E-state index is 12.3. The van der Waals surface area contributed by atoms with E-state index in [1.54, 1.807) is 17.9 Å². The molecular formula is C18H22N4O4. The van der Waals surface area contributed by atoms with Gasteiger partial charge in [-0.25, -0.2) is 9.78 Å². The number of rotatable bonds is 7. The maximum absolute atomic E-state index is 12.3. The molecule has 2 heterocycles. The van der Waals surface area contributed by atoms with Crippen LogP contribution in [-0.2, 0) is 25.4 Å². The number of hydrogen-bond donors (Lipinski definition) is 0. The molecule has 1 aromatic carbocycles. The van der Waals surface area contributed by atoms with Crippen LogP contribution in [0.5, 0.6) is 5.75 Å². The van der Waals surface area contributed by atoms with Gasteiger partial charge in [0.15, 0.2) is 11.2 Å². The standard InChI is InChI=1S/C18H22N4O4/c1-13-6-4-5-7-14(13)26-11-10-25-9-8-22-12-19-16-15(22)17(23)21(3)18(24)20(16)2/h4-7,12H,8-11H2,1-3H3. The van der Waals surface area contributed by atoms with Gasteiger partial charge in [-0.1, -0.05) is 18.2 Å². The molecule has 0 saturated heterocycles. The lowest BCUT2D eigenvalue weighted by Crippen LogP contribution is -2.37. The zero-order valence-corrected chi connectivity index (χ0v) is 15.1. The highest BCUT2D eigenvalue weighted by Gasteiger charge is 2.13. The van der Waals surface area contributed by atoms with E-state index in [0.717, 1.165) is 15.9 Å². The van der Waals surface area contributed by atoms with Crippen molar-refractivity contribution in [3.05, 3.63) is 57.0 Å². The van der Waals surface area contributed by atoms with Crippen LogP contribution >= 0.6 is 0 Å². The first-order chi connectivity index (χ1) is 12.5. The fourth-order valence-corrected chi connectivity index (χ4v) is 2.76. The van der Waals surface area contributed by atoms with Gasteiger partial charge in [-0.15, -0.1) is 0 Å². The minimum Gasteiger partial charge on any atom is -0.491 e.